The van der Waals surface area contributed by atoms with Gasteiger partial charge >= 0.3 is 0 Å². The fourth-order valence-electron chi connectivity index (χ4n) is 2.67. The number of thiophene rings is 1. The van der Waals surface area contributed by atoms with Crippen molar-refractivity contribution in [3.05, 3.63) is 87.2 Å². The maximum atomic E-state index is 13.0. The molecule has 0 unspecified atom stereocenters. The molecule has 0 radical (unpaired) electrons. The molecule has 2 amide bonds. The summed E-state index contributed by atoms with van der Waals surface area (Å²) in [6.45, 7) is 3.89. The van der Waals surface area contributed by atoms with Crippen molar-refractivity contribution >= 4 is 34.9 Å². The van der Waals surface area contributed by atoms with Crippen LogP contribution in [0, 0.1) is 13.8 Å². The molecule has 0 aliphatic rings. The molecule has 6 heteroatoms. The van der Waals surface area contributed by atoms with Gasteiger partial charge in [0.05, 0.1) is 7.11 Å². The summed E-state index contributed by atoms with van der Waals surface area (Å²) in [6.07, 6.45) is 1.67. The zero-order valence-electron chi connectivity index (χ0n) is 16.5. The van der Waals surface area contributed by atoms with E-state index >= 15 is 0 Å². The number of ether oxygens (including phenoxy) is 1. The van der Waals surface area contributed by atoms with Gasteiger partial charge in [0.25, 0.3) is 11.8 Å². The van der Waals surface area contributed by atoms with Gasteiger partial charge in [-0.15, -0.1) is 11.3 Å². The highest BCUT2D eigenvalue weighted by atomic mass is 32.1. The Labute approximate surface area is 174 Å². The van der Waals surface area contributed by atoms with E-state index in [1.54, 1.807) is 37.5 Å². The van der Waals surface area contributed by atoms with Crippen molar-refractivity contribution in [1.82, 2.24) is 5.32 Å². The fraction of sp³-hybridized carbons (Fsp3) is 0.130. The molecule has 148 valence electrons. The van der Waals surface area contributed by atoms with Gasteiger partial charge in [-0.3, -0.25) is 9.59 Å². The third kappa shape index (κ3) is 5.33. The van der Waals surface area contributed by atoms with E-state index in [0.717, 1.165) is 16.0 Å². The first-order valence-corrected chi connectivity index (χ1v) is 9.93. The largest absolute Gasteiger partial charge is 0.497 e. The van der Waals surface area contributed by atoms with Crippen LogP contribution in [0.1, 0.15) is 26.4 Å². The van der Waals surface area contributed by atoms with Crippen LogP contribution in [0.5, 0.6) is 5.75 Å². The van der Waals surface area contributed by atoms with Crippen molar-refractivity contribution in [3.8, 4) is 5.75 Å². The molecule has 0 saturated heterocycles. The second-order valence-electron chi connectivity index (χ2n) is 6.53. The van der Waals surface area contributed by atoms with Crippen LogP contribution in [-0.2, 0) is 4.79 Å². The smallest absolute Gasteiger partial charge is 0.272 e. The normalized spacial score (nSPS) is 11.1. The lowest BCUT2D eigenvalue weighted by Gasteiger charge is -2.13. The monoisotopic (exact) mass is 406 g/mol. The third-order valence-electron chi connectivity index (χ3n) is 4.32. The second kappa shape index (κ2) is 9.21. The Morgan fingerprint density at radius 2 is 1.79 bits per heavy atom. The lowest BCUT2D eigenvalue weighted by atomic mass is 10.1. The molecule has 29 heavy (non-hydrogen) atoms. The molecule has 0 saturated carbocycles. The maximum absolute atomic E-state index is 13.0. The number of nitrogens with one attached hydrogen (secondary N) is 2. The topological polar surface area (TPSA) is 67.4 Å². The molecule has 3 aromatic rings. The van der Waals surface area contributed by atoms with Crippen LogP contribution in [0.2, 0.25) is 0 Å². The molecular formula is C23H22N2O3S. The minimum Gasteiger partial charge on any atom is -0.497 e. The van der Waals surface area contributed by atoms with Crippen LogP contribution < -0.4 is 15.4 Å². The highest BCUT2D eigenvalue weighted by molar-refractivity contribution is 7.10. The van der Waals surface area contributed by atoms with Gasteiger partial charge in [-0.25, -0.2) is 0 Å². The molecular weight excluding hydrogens is 384 g/mol. The fourth-order valence-corrected chi connectivity index (χ4v) is 3.33. The number of amides is 2. The predicted molar refractivity (Wildman–Crippen MR) is 117 cm³/mol. The minimum atomic E-state index is -0.381. The molecule has 0 fully saturated rings. The number of benzene rings is 2. The Balaban J connectivity index is 1.85. The van der Waals surface area contributed by atoms with E-state index in [1.165, 1.54) is 11.3 Å². The maximum Gasteiger partial charge on any atom is 0.272 e. The highest BCUT2D eigenvalue weighted by Gasteiger charge is 2.16. The summed E-state index contributed by atoms with van der Waals surface area (Å²) in [7, 11) is 1.56. The number of carbonyl (C=O) groups excluding carboxylic acids is 2. The summed E-state index contributed by atoms with van der Waals surface area (Å²) in [5.41, 5.74) is 3.31. The predicted octanol–water partition coefficient (Wildman–Crippen LogP) is 4.78. The number of hydrogen-bond acceptors (Lipinski definition) is 4. The van der Waals surface area contributed by atoms with Gasteiger partial charge < -0.3 is 15.4 Å². The molecule has 2 N–H and O–H groups in total. The van der Waals surface area contributed by atoms with Crippen LogP contribution >= 0.6 is 11.3 Å². The average molecular weight is 407 g/mol. The summed E-state index contributed by atoms with van der Waals surface area (Å²) >= 11 is 1.48. The van der Waals surface area contributed by atoms with Crippen LogP contribution in [0.4, 0.5) is 5.69 Å². The quantitative estimate of drug-likeness (QED) is 0.579. The number of aryl methyl sites for hydroxylation is 2. The summed E-state index contributed by atoms with van der Waals surface area (Å²) < 4.78 is 5.12. The lowest BCUT2D eigenvalue weighted by Crippen LogP contribution is -2.30. The van der Waals surface area contributed by atoms with E-state index in [9.17, 15) is 9.59 Å². The van der Waals surface area contributed by atoms with E-state index < -0.39 is 0 Å². The number of methoxy groups -OCH3 is 1. The molecule has 1 aromatic heterocycles. The number of hydrogen-bond donors (Lipinski definition) is 2. The summed E-state index contributed by atoms with van der Waals surface area (Å²) in [5, 5.41) is 7.55. The minimum absolute atomic E-state index is 0.175. The third-order valence-corrected chi connectivity index (χ3v) is 5.14. The number of anilines is 1. The van der Waals surface area contributed by atoms with Gasteiger partial charge in [-0.1, -0.05) is 18.2 Å². The number of rotatable bonds is 6. The van der Waals surface area contributed by atoms with Gasteiger partial charge in [0.15, 0.2) is 0 Å². The van der Waals surface area contributed by atoms with Crippen molar-refractivity contribution in [2.75, 3.05) is 12.4 Å². The van der Waals surface area contributed by atoms with Gasteiger partial charge in [-0.05, 0) is 72.8 Å². The lowest BCUT2D eigenvalue weighted by molar-refractivity contribution is -0.113. The van der Waals surface area contributed by atoms with Crippen LogP contribution in [0.25, 0.3) is 6.08 Å². The van der Waals surface area contributed by atoms with Crippen molar-refractivity contribution in [2.45, 2.75) is 13.8 Å². The van der Waals surface area contributed by atoms with Crippen LogP contribution in [-0.4, -0.2) is 18.9 Å². The number of carbonyl (C=O) groups is 2. The van der Waals surface area contributed by atoms with Crippen molar-refractivity contribution in [1.29, 1.82) is 0 Å². The van der Waals surface area contributed by atoms with E-state index in [1.807, 2.05) is 49.6 Å². The van der Waals surface area contributed by atoms with E-state index in [0.29, 0.717) is 17.0 Å². The molecule has 0 spiro atoms. The van der Waals surface area contributed by atoms with Crippen molar-refractivity contribution in [2.24, 2.45) is 0 Å². The van der Waals surface area contributed by atoms with Gasteiger partial charge in [-0.2, -0.15) is 0 Å². The second-order valence-corrected chi connectivity index (χ2v) is 7.51. The molecule has 0 bridgehead atoms. The van der Waals surface area contributed by atoms with Crippen LogP contribution in [0.3, 0.4) is 0 Å². The molecule has 1 heterocycles. The van der Waals surface area contributed by atoms with E-state index in [4.69, 9.17) is 4.74 Å². The first-order chi connectivity index (χ1) is 14.0. The van der Waals surface area contributed by atoms with Crippen molar-refractivity contribution in [3.63, 3.8) is 0 Å². The summed E-state index contributed by atoms with van der Waals surface area (Å²) in [4.78, 5) is 26.5. The zero-order valence-corrected chi connectivity index (χ0v) is 17.3. The Morgan fingerprint density at radius 3 is 2.45 bits per heavy atom. The summed E-state index contributed by atoms with van der Waals surface area (Å²) in [5.74, 6) is -0.0934. The molecule has 0 atom stereocenters. The van der Waals surface area contributed by atoms with Crippen molar-refractivity contribution < 1.29 is 14.3 Å². The molecule has 0 aliphatic carbocycles. The standard InChI is InChI=1S/C23H22N2O3S/c1-15-6-7-16(2)20(13-15)24-23(27)21(14-19-5-4-12-29-19)25-22(26)17-8-10-18(28-3)11-9-17/h4-14H,1-3H3,(H,24,27)(H,25,26)/b21-14-. The molecule has 2 aromatic carbocycles. The Bertz CT molecular complexity index is 1040. The average Bonchev–Trinajstić information content (AvgIpc) is 3.23. The van der Waals surface area contributed by atoms with Gasteiger partial charge in [0.2, 0.25) is 0 Å². The molecule has 5 nitrogen and oxygen atoms in total. The van der Waals surface area contributed by atoms with E-state index in [2.05, 4.69) is 10.6 Å². The first-order valence-electron chi connectivity index (χ1n) is 9.05. The van der Waals surface area contributed by atoms with E-state index in [-0.39, 0.29) is 17.5 Å². The molecule has 3 rings (SSSR count). The first kappa shape index (κ1) is 20.4. The highest BCUT2D eigenvalue weighted by Crippen LogP contribution is 2.19. The van der Waals surface area contributed by atoms with Crippen LogP contribution in [0.15, 0.2) is 65.7 Å². The Hall–Kier alpha value is -3.38. The van der Waals surface area contributed by atoms with Gasteiger partial charge in [0, 0.05) is 16.1 Å². The van der Waals surface area contributed by atoms with Gasteiger partial charge in [0.1, 0.15) is 11.4 Å². The Morgan fingerprint density at radius 1 is 1.03 bits per heavy atom. The Kier molecular flexibility index (Phi) is 6.46. The summed E-state index contributed by atoms with van der Waals surface area (Å²) in [6, 6.07) is 16.3. The molecule has 0 aliphatic heterocycles. The SMILES string of the molecule is COc1ccc(C(=O)N/C(=C\c2cccs2)C(=O)Nc2cc(C)ccc2C)cc1. The zero-order chi connectivity index (χ0) is 20.8.